The van der Waals surface area contributed by atoms with Crippen LogP contribution >= 0.6 is 11.3 Å². The Morgan fingerprint density at radius 2 is 2.21 bits per heavy atom. The molecule has 0 spiro atoms. The summed E-state index contributed by atoms with van der Waals surface area (Å²) in [6.45, 7) is 1.24. The predicted molar refractivity (Wildman–Crippen MR) is 88.4 cm³/mol. The number of carboxylic acids is 1. The number of fused-ring (bicyclic) bond motifs is 1. The number of carbonyl (C=O) groups excluding carboxylic acids is 1. The zero-order chi connectivity index (χ0) is 16.9. The molecule has 7 heteroatoms. The first-order valence-corrected chi connectivity index (χ1v) is 8.34. The number of hydrogen-bond acceptors (Lipinski definition) is 5. The Balaban J connectivity index is 1.59. The van der Waals surface area contributed by atoms with E-state index in [1.54, 1.807) is 18.2 Å². The van der Waals surface area contributed by atoms with Crippen molar-refractivity contribution >= 4 is 23.2 Å². The monoisotopic (exact) mass is 347 g/mol. The lowest BCUT2D eigenvalue weighted by molar-refractivity contribution is -0.139. The van der Waals surface area contributed by atoms with Gasteiger partial charge in [0.1, 0.15) is 5.75 Å². The molecular weight excluding hydrogens is 330 g/mol. The van der Waals surface area contributed by atoms with Gasteiger partial charge in [0.25, 0.3) is 5.91 Å². The van der Waals surface area contributed by atoms with Crippen molar-refractivity contribution in [2.24, 2.45) is 0 Å². The van der Waals surface area contributed by atoms with Gasteiger partial charge in [-0.1, -0.05) is 12.1 Å². The number of carboxylic acid groups (broad SMARTS) is 1. The maximum absolute atomic E-state index is 12.3. The van der Waals surface area contributed by atoms with Crippen LogP contribution in [0.5, 0.6) is 5.75 Å². The van der Waals surface area contributed by atoms with Gasteiger partial charge in [-0.2, -0.15) is 0 Å². The summed E-state index contributed by atoms with van der Waals surface area (Å²) in [7, 11) is 0. The second-order valence-electron chi connectivity index (χ2n) is 5.37. The summed E-state index contributed by atoms with van der Waals surface area (Å²) in [6, 6.07) is 8.90. The summed E-state index contributed by atoms with van der Waals surface area (Å²) < 4.78 is 10.5. The highest BCUT2D eigenvalue weighted by atomic mass is 32.1. The van der Waals surface area contributed by atoms with Crippen LogP contribution in [0.2, 0.25) is 0 Å². The van der Waals surface area contributed by atoms with Gasteiger partial charge in [-0.05, 0) is 29.3 Å². The smallest absolute Gasteiger partial charge is 0.341 e. The lowest BCUT2D eigenvalue weighted by Gasteiger charge is -2.10. The largest absolute Gasteiger partial charge is 0.482 e. The number of nitrogens with one attached hydrogen (secondary N) is 1. The summed E-state index contributed by atoms with van der Waals surface area (Å²) in [6.07, 6.45) is 0.857. The molecule has 0 bridgehead atoms. The SMILES string of the molecule is O=C(O)COc1cccc(CNC(=O)c2cc3c(s2)CCOC3)c1. The Hall–Kier alpha value is -2.38. The van der Waals surface area contributed by atoms with Gasteiger partial charge in [0.05, 0.1) is 18.1 Å². The van der Waals surface area contributed by atoms with E-state index in [0.29, 0.717) is 30.4 Å². The molecule has 3 rings (SSSR count). The standard InChI is InChI=1S/C17H17NO5S/c19-16(20)10-23-13-3-1-2-11(6-13)8-18-17(21)15-7-12-9-22-5-4-14(12)24-15/h1-3,6-7H,4-5,8-10H2,(H,18,21)(H,19,20). The number of hydrogen-bond donors (Lipinski definition) is 2. The fourth-order valence-corrected chi connectivity index (χ4v) is 3.48. The lowest BCUT2D eigenvalue weighted by atomic mass is 10.2. The van der Waals surface area contributed by atoms with E-state index in [2.05, 4.69) is 5.32 Å². The van der Waals surface area contributed by atoms with Gasteiger partial charge in [0, 0.05) is 17.8 Å². The quantitative estimate of drug-likeness (QED) is 0.837. The van der Waals surface area contributed by atoms with Crippen molar-refractivity contribution in [2.45, 2.75) is 19.6 Å². The van der Waals surface area contributed by atoms with Crippen LogP contribution in [-0.4, -0.2) is 30.2 Å². The molecule has 1 aromatic carbocycles. The zero-order valence-corrected chi connectivity index (χ0v) is 13.7. The maximum Gasteiger partial charge on any atom is 0.341 e. The molecule has 2 N–H and O–H groups in total. The summed E-state index contributed by atoms with van der Waals surface area (Å²) in [5, 5.41) is 11.5. The molecule has 0 saturated carbocycles. The van der Waals surface area contributed by atoms with E-state index in [9.17, 15) is 9.59 Å². The zero-order valence-electron chi connectivity index (χ0n) is 12.9. The van der Waals surface area contributed by atoms with E-state index >= 15 is 0 Å². The number of benzene rings is 1. The van der Waals surface area contributed by atoms with E-state index in [0.717, 1.165) is 17.5 Å². The van der Waals surface area contributed by atoms with Gasteiger partial charge in [-0.25, -0.2) is 4.79 Å². The average Bonchev–Trinajstić information content (AvgIpc) is 3.02. The van der Waals surface area contributed by atoms with Crippen molar-refractivity contribution < 1.29 is 24.2 Å². The fraction of sp³-hybridized carbons (Fsp3) is 0.294. The Bertz CT molecular complexity index is 732. The minimum absolute atomic E-state index is 0.119. The first kappa shape index (κ1) is 16.5. The van der Waals surface area contributed by atoms with E-state index in [4.69, 9.17) is 14.6 Å². The van der Waals surface area contributed by atoms with E-state index in [-0.39, 0.29) is 5.91 Å². The van der Waals surface area contributed by atoms with Crippen LogP contribution < -0.4 is 10.1 Å². The highest BCUT2D eigenvalue weighted by Gasteiger charge is 2.17. The minimum atomic E-state index is -1.03. The topological polar surface area (TPSA) is 84.9 Å². The van der Waals surface area contributed by atoms with Crippen molar-refractivity contribution in [3.63, 3.8) is 0 Å². The van der Waals surface area contributed by atoms with Gasteiger partial charge in [-0.3, -0.25) is 4.79 Å². The maximum atomic E-state index is 12.3. The van der Waals surface area contributed by atoms with Gasteiger partial charge in [0.15, 0.2) is 6.61 Å². The van der Waals surface area contributed by atoms with E-state index in [1.165, 1.54) is 16.2 Å². The molecule has 1 aliphatic heterocycles. The van der Waals surface area contributed by atoms with E-state index < -0.39 is 12.6 Å². The number of rotatable bonds is 6. The number of amides is 1. The summed E-state index contributed by atoms with van der Waals surface area (Å²) >= 11 is 1.51. The minimum Gasteiger partial charge on any atom is -0.482 e. The lowest BCUT2D eigenvalue weighted by Crippen LogP contribution is -2.21. The van der Waals surface area contributed by atoms with Crippen molar-refractivity contribution in [1.29, 1.82) is 0 Å². The molecule has 2 aromatic rings. The highest BCUT2D eigenvalue weighted by Crippen LogP contribution is 2.27. The Labute approximate surface area is 143 Å². The molecule has 126 valence electrons. The molecule has 1 aliphatic rings. The van der Waals surface area contributed by atoms with Crippen LogP contribution in [-0.2, 0) is 29.1 Å². The first-order chi connectivity index (χ1) is 11.6. The third kappa shape index (κ3) is 4.12. The van der Waals surface area contributed by atoms with Crippen LogP contribution in [0.15, 0.2) is 30.3 Å². The van der Waals surface area contributed by atoms with Gasteiger partial charge in [0.2, 0.25) is 0 Å². The Morgan fingerprint density at radius 1 is 1.33 bits per heavy atom. The molecule has 0 unspecified atom stereocenters. The van der Waals surface area contributed by atoms with Crippen molar-refractivity contribution in [3.05, 3.63) is 51.2 Å². The Kier molecular flexibility index (Phi) is 5.12. The molecular formula is C17H17NO5S. The van der Waals surface area contributed by atoms with Crippen molar-refractivity contribution in [1.82, 2.24) is 5.32 Å². The van der Waals surface area contributed by atoms with Crippen LogP contribution in [0.25, 0.3) is 0 Å². The molecule has 1 amide bonds. The number of aliphatic carboxylic acids is 1. The number of carbonyl (C=O) groups is 2. The predicted octanol–water partition coefficient (Wildman–Crippen LogP) is 2.21. The van der Waals surface area contributed by atoms with Crippen molar-refractivity contribution in [2.75, 3.05) is 13.2 Å². The molecule has 0 aliphatic carbocycles. The second-order valence-corrected chi connectivity index (χ2v) is 6.51. The third-order valence-corrected chi connectivity index (χ3v) is 4.80. The van der Waals surface area contributed by atoms with Crippen LogP contribution in [0.4, 0.5) is 0 Å². The van der Waals surface area contributed by atoms with Crippen molar-refractivity contribution in [3.8, 4) is 5.75 Å². The Morgan fingerprint density at radius 3 is 3.00 bits per heavy atom. The second kappa shape index (κ2) is 7.46. The van der Waals surface area contributed by atoms with Crippen LogP contribution in [0.3, 0.4) is 0 Å². The highest BCUT2D eigenvalue weighted by molar-refractivity contribution is 7.14. The molecule has 24 heavy (non-hydrogen) atoms. The average molecular weight is 347 g/mol. The van der Waals surface area contributed by atoms with Crippen LogP contribution in [0, 0.1) is 0 Å². The molecule has 6 nitrogen and oxygen atoms in total. The van der Waals surface area contributed by atoms with Gasteiger partial charge < -0.3 is 19.9 Å². The summed E-state index contributed by atoms with van der Waals surface area (Å²) in [4.78, 5) is 24.7. The van der Waals surface area contributed by atoms with Crippen LogP contribution in [0.1, 0.15) is 25.7 Å². The van der Waals surface area contributed by atoms with Gasteiger partial charge in [-0.15, -0.1) is 11.3 Å². The molecule has 0 atom stereocenters. The third-order valence-electron chi connectivity index (χ3n) is 3.57. The normalized spacial score (nSPS) is 13.2. The molecule has 0 fully saturated rings. The molecule has 2 heterocycles. The van der Waals surface area contributed by atoms with E-state index in [1.807, 2.05) is 12.1 Å². The number of ether oxygens (including phenoxy) is 2. The molecule has 1 aromatic heterocycles. The first-order valence-electron chi connectivity index (χ1n) is 7.53. The fourth-order valence-electron chi connectivity index (χ4n) is 2.42. The summed E-state index contributed by atoms with van der Waals surface area (Å²) in [5.74, 6) is -0.682. The summed E-state index contributed by atoms with van der Waals surface area (Å²) in [5.41, 5.74) is 1.94. The molecule has 0 saturated heterocycles. The van der Waals surface area contributed by atoms with Gasteiger partial charge >= 0.3 is 5.97 Å². The molecule has 0 radical (unpaired) electrons. The number of thiophene rings is 1.